The molecule has 386 valence electrons. The second-order valence-corrected chi connectivity index (χ2v) is 18.1. The Balaban J connectivity index is 4.51. The maximum absolute atomic E-state index is 12.9. The lowest BCUT2D eigenvalue weighted by Crippen LogP contribution is -2.27. The van der Waals surface area contributed by atoms with Crippen LogP contribution < -0.4 is 0 Å². The van der Waals surface area contributed by atoms with Crippen molar-refractivity contribution in [3.8, 4) is 0 Å². The van der Waals surface area contributed by atoms with Gasteiger partial charge >= 0.3 is 17.9 Å². The standard InChI is InChI=1S/C62H102O6/c1-4-7-10-13-16-19-22-25-28-31-34-36-39-42-45-48-51-54-61(64)67-58-59(68-62(65)55-52-49-46-43-40-37-33-30-27-24-21-18-15-12-9-6-3)56-57-66-60(63)53-50-47-44-41-38-35-32-29-26-23-20-17-14-11-8-5-2/h14-19,23-28,32-37,59H,4-13,20-22,29-31,38-58H2,1-3H3. The van der Waals surface area contributed by atoms with E-state index in [1.165, 1.54) is 64.2 Å². The zero-order valence-corrected chi connectivity index (χ0v) is 44.1. The van der Waals surface area contributed by atoms with Crippen molar-refractivity contribution >= 4 is 17.9 Å². The number of hydrogen-bond acceptors (Lipinski definition) is 6. The Morgan fingerprint density at radius 3 is 0.985 bits per heavy atom. The normalized spacial score (nSPS) is 12.9. The van der Waals surface area contributed by atoms with Crippen molar-refractivity contribution in [3.63, 3.8) is 0 Å². The fourth-order valence-corrected chi connectivity index (χ4v) is 7.20. The fourth-order valence-electron chi connectivity index (χ4n) is 7.20. The van der Waals surface area contributed by atoms with Crippen LogP contribution in [0.3, 0.4) is 0 Å². The van der Waals surface area contributed by atoms with Gasteiger partial charge in [-0.15, -0.1) is 0 Å². The summed E-state index contributed by atoms with van der Waals surface area (Å²) in [6, 6.07) is 0. The van der Waals surface area contributed by atoms with Gasteiger partial charge in [0.1, 0.15) is 12.7 Å². The van der Waals surface area contributed by atoms with E-state index in [9.17, 15) is 14.4 Å². The van der Waals surface area contributed by atoms with E-state index in [0.717, 1.165) is 135 Å². The summed E-state index contributed by atoms with van der Waals surface area (Å²) in [6.07, 6.45) is 74.4. The molecule has 0 aromatic carbocycles. The van der Waals surface area contributed by atoms with Crippen molar-refractivity contribution in [3.05, 3.63) is 109 Å². The highest BCUT2D eigenvalue weighted by molar-refractivity contribution is 5.70. The summed E-state index contributed by atoms with van der Waals surface area (Å²) in [4.78, 5) is 38.0. The Kier molecular flexibility index (Phi) is 52.4. The molecule has 0 aliphatic heterocycles. The van der Waals surface area contributed by atoms with Crippen LogP contribution >= 0.6 is 0 Å². The Morgan fingerprint density at radius 2 is 0.618 bits per heavy atom. The monoisotopic (exact) mass is 943 g/mol. The van der Waals surface area contributed by atoms with Crippen LogP contribution in [0, 0.1) is 0 Å². The number of unbranched alkanes of at least 4 members (excludes halogenated alkanes) is 19. The summed E-state index contributed by atoms with van der Waals surface area (Å²) in [5.74, 6) is -0.810. The topological polar surface area (TPSA) is 78.9 Å². The van der Waals surface area contributed by atoms with Crippen molar-refractivity contribution in [1.82, 2.24) is 0 Å². The van der Waals surface area contributed by atoms with E-state index in [-0.39, 0.29) is 31.1 Å². The highest BCUT2D eigenvalue weighted by atomic mass is 16.6. The van der Waals surface area contributed by atoms with Gasteiger partial charge in [-0.1, -0.05) is 207 Å². The van der Waals surface area contributed by atoms with E-state index in [2.05, 4.69) is 130 Å². The maximum atomic E-state index is 12.9. The molecular formula is C62H102O6. The van der Waals surface area contributed by atoms with Crippen LogP contribution in [0.25, 0.3) is 0 Å². The first kappa shape index (κ1) is 64.1. The molecule has 0 spiro atoms. The lowest BCUT2D eigenvalue weighted by molar-refractivity contribution is -0.161. The molecule has 68 heavy (non-hydrogen) atoms. The molecule has 6 heteroatoms. The van der Waals surface area contributed by atoms with Gasteiger partial charge < -0.3 is 14.2 Å². The van der Waals surface area contributed by atoms with Crippen LogP contribution in [-0.2, 0) is 28.6 Å². The van der Waals surface area contributed by atoms with Crippen molar-refractivity contribution in [2.24, 2.45) is 0 Å². The highest BCUT2D eigenvalue weighted by Crippen LogP contribution is 2.13. The fraction of sp³-hybridized carbons (Fsp3) is 0.661. The predicted molar refractivity (Wildman–Crippen MR) is 293 cm³/mol. The molecule has 0 saturated heterocycles. The van der Waals surface area contributed by atoms with Gasteiger partial charge in [0.15, 0.2) is 0 Å². The van der Waals surface area contributed by atoms with Crippen LogP contribution in [0.5, 0.6) is 0 Å². The number of carbonyl (C=O) groups is 3. The van der Waals surface area contributed by atoms with Crippen LogP contribution in [-0.4, -0.2) is 37.2 Å². The molecule has 0 aliphatic carbocycles. The molecule has 0 aromatic heterocycles. The van der Waals surface area contributed by atoms with Gasteiger partial charge in [0.25, 0.3) is 0 Å². The van der Waals surface area contributed by atoms with Crippen molar-refractivity contribution in [1.29, 1.82) is 0 Å². The minimum atomic E-state index is -0.639. The molecule has 0 aromatic rings. The van der Waals surface area contributed by atoms with Gasteiger partial charge in [0.2, 0.25) is 0 Å². The van der Waals surface area contributed by atoms with Crippen molar-refractivity contribution < 1.29 is 28.6 Å². The molecule has 0 N–H and O–H groups in total. The second-order valence-electron chi connectivity index (χ2n) is 18.1. The molecule has 0 saturated carbocycles. The minimum Gasteiger partial charge on any atom is -0.466 e. The summed E-state index contributed by atoms with van der Waals surface area (Å²) in [7, 11) is 0. The average Bonchev–Trinajstić information content (AvgIpc) is 3.33. The number of esters is 3. The zero-order valence-electron chi connectivity index (χ0n) is 44.1. The zero-order chi connectivity index (χ0) is 49.3. The Bertz CT molecular complexity index is 1410. The van der Waals surface area contributed by atoms with Crippen molar-refractivity contribution in [2.75, 3.05) is 13.2 Å². The molecule has 0 rings (SSSR count). The third-order valence-electron chi connectivity index (χ3n) is 11.5. The van der Waals surface area contributed by atoms with Gasteiger partial charge in [0, 0.05) is 25.7 Å². The summed E-state index contributed by atoms with van der Waals surface area (Å²) >= 11 is 0. The smallest absolute Gasteiger partial charge is 0.306 e. The Hall–Kier alpha value is -3.93. The molecule has 0 aliphatic rings. The van der Waals surface area contributed by atoms with E-state index in [0.29, 0.717) is 25.7 Å². The van der Waals surface area contributed by atoms with E-state index in [4.69, 9.17) is 14.2 Å². The number of hydrogen-bond donors (Lipinski definition) is 0. The lowest BCUT2D eigenvalue weighted by atomic mass is 10.1. The number of allylic oxidation sites excluding steroid dienone is 18. The van der Waals surface area contributed by atoms with Gasteiger partial charge in [0.05, 0.1) is 6.61 Å². The van der Waals surface area contributed by atoms with Crippen LogP contribution in [0.15, 0.2) is 109 Å². The second kappa shape index (κ2) is 55.7. The summed E-state index contributed by atoms with van der Waals surface area (Å²) in [6.45, 7) is 6.79. The molecule has 1 unspecified atom stereocenters. The number of carbonyl (C=O) groups excluding carboxylic acids is 3. The van der Waals surface area contributed by atoms with E-state index in [1.807, 2.05) is 0 Å². The van der Waals surface area contributed by atoms with Gasteiger partial charge in [-0.2, -0.15) is 0 Å². The molecule has 0 radical (unpaired) electrons. The van der Waals surface area contributed by atoms with Crippen molar-refractivity contribution in [2.45, 2.75) is 252 Å². The molecule has 0 amide bonds. The largest absolute Gasteiger partial charge is 0.466 e. The number of ether oxygens (including phenoxy) is 3. The molecule has 0 bridgehead atoms. The third kappa shape index (κ3) is 53.0. The van der Waals surface area contributed by atoms with E-state index < -0.39 is 6.10 Å². The van der Waals surface area contributed by atoms with Crippen LogP contribution in [0.1, 0.15) is 245 Å². The van der Waals surface area contributed by atoms with E-state index >= 15 is 0 Å². The maximum Gasteiger partial charge on any atom is 0.306 e. The van der Waals surface area contributed by atoms with Gasteiger partial charge in [-0.05, 0) is 122 Å². The Morgan fingerprint density at radius 1 is 0.324 bits per heavy atom. The molecular weight excluding hydrogens is 841 g/mol. The molecule has 1 atom stereocenters. The molecule has 0 fully saturated rings. The SMILES string of the molecule is CCCCC=CCC=CCC=CCCCCCCC(=O)OCCC(COC(=O)CCCCCCC=CCC=CCC=CCCCCC)OC(=O)CCCCCCC=CCC=CCC=CCCCC. The summed E-state index contributed by atoms with van der Waals surface area (Å²) in [5.41, 5.74) is 0. The average molecular weight is 943 g/mol. The minimum absolute atomic E-state index is 0.0189. The first-order valence-electron chi connectivity index (χ1n) is 27.9. The first-order chi connectivity index (χ1) is 33.5. The van der Waals surface area contributed by atoms with Gasteiger partial charge in [-0.3, -0.25) is 14.4 Å². The van der Waals surface area contributed by atoms with Gasteiger partial charge in [-0.25, -0.2) is 0 Å². The first-order valence-corrected chi connectivity index (χ1v) is 27.9. The predicted octanol–water partition coefficient (Wildman–Crippen LogP) is 18.7. The lowest BCUT2D eigenvalue weighted by Gasteiger charge is -2.18. The van der Waals surface area contributed by atoms with Crippen LogP contribution in [0.2, 0.25) is 0 Å². The van der Waals surface area contributed by atoms with E-state index in [1.54, 1.807) is 0 Å². The summed E-state index contributed by atoms with van der Waals surface area (Å²) < 4.78 is 16.9. The Labute approximate surface area is 419 Å². The quantitative estimate of drug-likeness (QED) is 0.0262. The molecule has 6 nitrogen and oxygen atoms in total. The number of rotatable bonds is 49. The third-order valence-corrected chi connectivity index (χ3v) is 11.5. The highest BCUT2D eigenvalue weighted by Gasteiger charge is 2.18. The summed E-state index contributed by atoms with van der Waals surface area (Å²) in [5, 5.41) is 0. The van der Waals surface area contributed by atoms with Crippen LogP contribution in [0.4, 0.5) is 0 Å². The molecule has 0 heterocycles.